The predicted octanol–water partition coefficient (Wildman–Crippen LogP) is 0.000900. The lowest BCUT2D eigenvalue weighted by Crippen LogP contribution is -2.44. The molecule has 3 atom stereocenters. The van der Waals surface area contributed by atoms with Crippen LogP contribution in [0.2, 0.25) is 0 Å². The fourth-order valence-corrected chi connectivity index (χ4v) is 1.90. The zero-order chi connectivity index (χ0) is 10.6. The van der Waals surface area contributed by atoms with E-state index in [1.807, 2.05) is 6.92 Å². The second-order valence-corrected chi connectivity index (χ2v) is 4.00. The Morgan fingerprint density at radius 1 is 1.64 bits per heavy atom. The minimum absolute atomic E-state index is 0.00416. The Hall–Kier alpha value is -0.610. The van der Waals surface area contributed by atoms with E-state index in [0.717, 1.165) is 25.7 Å². The number of hydrogen-bond donors (Lipinski definition) is 3. The van der Waals surface area contributed by atoms with Crippen LogP contribution in [0.15, 0.2) is 0 Å². The lowest BCUT2D eigenvalue weighted by Gasteiger charge is -2.19. The van der Waals surface area contributed by atoms with Gasteiger partial charge in [-0.25, -0.2) is 0 Å². The number of aliphatic hydroxyl groups is 1. The van der Waals surface area contributed by atoms with Crippen LogP contribution in [0.1, 0.15) is 32.6 Å². The zero-order valence-corrected chi connectivity index (χ0v) is 8.70. The van der Waals surface area contributed by atoms with Crippen molar-refractivity contribution < 1.29 is 9.90 Å². The van der Waals surface area contributed by atoms with E-state index in [-0.39, 0.29) is 30.5 Å². The second kappa shape index (κ2) is 5.32. The van der Waals surface area contributed by atoms with Crippen molar-refractivity contribution in [3.8, 4) is 0 Å². The molecule has 1 aliphatic carbocycles. The van der Waals surface area contributed by atoms with Crippen LogP contribution < -0.4 is 11.1 Å². The van der Waals surface area contributed by atoms with Crippen molar-refractivity contribution in [1.82, 2.24) is 5.32 Å². The Morgan fingerprint density at radius 2 is 2.36 bits per heavy atom. The molecule has 14 heavy (non-hydrogen) atoms. The van der Waals surface area contributed by atoms with Gasteiger partial charge in [0.2, 0.25) is 5.91 Å². The third kappa shape index (κ3) is 2.69. The highest BCUT2D eigenvalue weighted by Gasteiger charge is 2.30. The minimum atomic E-state index is -0.115. The van der Waals surface area contributed by atoms with E-state index < -0.39 is 0 Å². The molecule has 4 heteroatoms. The normalized spacial score (nSPS) is 28.8. The third-order valence-electron chi connectivity index (χ3n) is 2.97. The van der Waals surface area contributed by atoms with Gasteiger partial charge in [-0.15, -0.1) is 0 Å². The number of nitrogens with two attached hydrogens (primary N) is 1. The van der Waals surface area contributed by atoms with Crippen LogP contribution in [-0.4, -0.2) is 29.7 Å². The van der Waals surface area contributed by atoms with E-state index in [1.54, 1.807) is 0 Å². The maximum atomic E-state index is 11.7. The summed E-state index contributed by atoms with van der Waals surface area (Å²) in [5.74, 6) is -0.0356. The largest absolute Gasteiger partial charge is 0.394 e. The van der Waals surface area contributed by atoms with Gasteiger partial charge < -0.3 is 16.2 Å². The van der Waals surface area contributed by atoms with Crippen molar-refractivity contribution in [1.29, 1.82) is 0 Å². The molecule has 0 aromatic heterocycles. The van der Waals surface area contributed by atoms with Crippen LogP contribution >= 0.6 is 0 Å². The van der Waals surface area contributed by atoms with Crippen molar-refractivity contribution in [3.05, 3.63) is 0 Å². The standard InChI is InChI=1S/C10H20N2O2/c1-2-7(6-13)12-10(14)8-4-3-5-9(8)11/h7-9,13H,2-6,11H2,1H3,(H,12,14)/t7-,8?,9?/m1/s1. The van der Waals surface area contributed by atoms with E-state index >= 15 is 0 Å². The molecule has 1 fully saturated rings. The maximum Gasteiger partial charge on any atom is 0.224 e. The van der Waals surface area contributed by atoms with Crippen molar-refractivity contribution in [2.45, 2.75) is 44.7 Å². The van der Waals surface area contributed by atoms with Crippen LogP contribution in [0.5, 0.6) is 0 Å². The van der Waals surface area contributed by atoms with Crippen LogP contribution in [-0.2, 0) is 4.79 Å². The number of carbonyl (C=O) groups excluding carboxylic acids is 1. The molecule has 0 bridgehead atoms. The molecule has 1 saturated carbocycles. The topological polar surface area (TPSA) is 75.3 Å². The van der Waals surface area contributed by atoms with Crippen molar-refractivity contribution in [2.75, 3.05) is 6.61 Å². The van der Waals surface area contributed by atoms with Gasteiger partial charge in [0.05, 0.1) is 18.6 Å². The summed E-state index contributed by atoms with van der Waals surface area (Å²) in [6.07, 6.45) is 3.61. The number of hydrogen-bond acceptors (Lipinski definition) is 3. The number of carbonyl (C=O) groups is 1. The Morgan fingerprint density at radius 3 is 2.79 bits per heavy atom. The SMILES string of the molecule is CC[C@H](CO)NC(=O)C1CCCC1N. The van der Waals surface area contributed by atoms with E-state index in [2.05, 4.69) is 5.32 Å². The zero-order valence-electron chi connectivity index (χ0n) is 8.70. The van der Waals surface area contributed by atoms with E-state index in [1.165, 1.54) is 0 Å². The highest BCUT2D eigenvalue weighted by atomic mass is 16.3. The molecular weight excluding hydrogens is 180 g/mol. The van der Waals surface area contributed by atoms with Gasteiger partial charge in [0, 0.05) is 6.04 Å². The van der Waals surface area contributed by atoms with Gasteiger partial charge in [-0.2, -0.15) is 0 Å². The summed E-state index contributed by atoms with van der Waals surface area (Å²) in [5, 5.41) is 11.8. The molecule has 0 aromatic carbocycles. The highest BCUT2D eigenvalue weighted by molar-refractivity contribution is 5.80. The molecule has 82 valence electrons. The van der Waals surface area contributed by atoms with Crippen molar-refractivity contribution >= 4 is 5.91 Å². The number of aliphatic hydroxyl groups excluding tert-OH is 1. The lowest BCUT2D eigenvalue weighted by atomic mass is 10.0. The van der Waals surface area contributed by atoms with Gasteiger partial charge in [0.1, 0.15) is 0 Å². The van der Waals surface area contributed by atoms with E-state index in [4.69, 9.17) is 10.8 Å². The second-order valence-electron chi connectivity index (χ2n) is 4.00. The molecule has 1 rings (SSSR count). The highest BCUT2D eigenvalue weighted by Crippen LogP contribution is 2.24. The molecule has 4 nitrogen and oxygen atoms in total. The fourth-order valence-electron chi connectivity index (χ4n) is 1.90. The molecule has 0 heterocycles. The Bertz CT molecular complexity index is 193. The smallest absolute Gasteiger partial charge is 0.224 e. The predicted molar refractivity (Wildman–Crippen MR) is 54.6 cm³/mol. The van der Waals surface area contributed by atoms with Gasteiger partial charge in [0.25, 0.3) is 0 Å². The molecule has 1 amide bonds. The Kier molecular flexibility index (Phi) is 4.35. The minimum Gasteiger partial charge on any atom is -0.394 e. The summed E-state index contributed by atoms with van der Waals surface area (Å²) in [5.41, 5.74) is 5.82. The first kappa shape index (κ1) is 11.5. The van der Waals surface area contributed by atoms with Crippen LogP contribution in [0.25, 0.3) is 0 Å². The molecule has 0 spiro atoms. The molecule has 4 N–H and O–H groups in total. The summed E-state index contributed by atoms with van der Waals surface area (Å²) in [4.78, 5) is 11.7. The van der Waals surface area contributed by atoms with Gasteiger partial charge in [-0.3, -0.25) is 4.79 Å². The number of nitrogens with one attached hydrogen (secondary N) is 1. The summed E-state index contributed by atoms with van der Waals surface area (Å²) in [6, 6.07) is -0.110. The van der Waals surface area contributed by atoms with Crippen LogP contribution in [0, 0.1) is 5.92 Å². The molecule has 2 unspecified atom stereocenters. The van der Waals surface area contributed by atoms with Gasteiger partial charge in [-0.05, 0) is 19.3 Å². The summed E-state index contributed by atoms with van der Waals surface area (Å²) >= 11 is 0. The first-order valence-corrected chi connectivity index (χ1v) is 5.35. The quantitative estimate of drug-likeness (QED) is 0.598. The van der Waals surface area contributed by atoms with Gasteiger partial charge in [-0.1, -0.05) is 13.3 Å². The Balaban J connectivity index is 2.40. The summed E-state index contributed by atoms with van der Waals surface area (Å²) in [7, 11) is 0. The van der Waals surface area contributed by atoms with Crippen LogP contribution in [0.3, 0.4) is 0 Å². The number of rotatable bonds is 4. The fraction of sp³-hybridized carbons (Fsp3) is 0.900. The molecule has 0 radical (unpaired) electrons. The van der Waals surface area contributed by atoms with Gasteiger partial charge >= 0.3 is 0 Å². The molecule has 0 aliphatic heterocycles. The number of amides is 1. The average Bonchev–Trinajstić information content (AvgIpc) is 2.60. The average molecular weight is 200 g/mol. The first-order valence-electron chi connectivity index (χ1n) is 5.35. The molecule has 1 aliphatic rings. The summed E-state index contributed by atoms with van der Waals surface area (Å²) < 4.78 is 0. The summed E-state index contributed by atoms with van der Waals surface area (Å²) in [6.45, 7) is 1.94. The third-order valence-corrected chi connectivity index (χ3v) is 2.97. The first-order chi connectivity index (χ1) is 6.69. The molecule has 0 aromatic rings. The lowest BCUT2D eigenvalue weighted by molar-refractivity contribution is -0.126. The molecular formula is C10H20N2O2. The monoisotopic (exact) mass is 200 g/mol. The maximum absolute atomic E-state index is 11.7. The van der Waals surface area contributed by atoms with E-state index in [9.17, 15) is 4.79 Å². The van der Waals surface area contributed by atoms with Crippen molar-refractivity contribution in [2.24, 2.45) is 11.7 Å². The van der Waals surface area contributed by atoms with Gasteiger partial charge in [0.15, 0.2) is 0 Å². The van der Waals surface area contributed by atoms with Crippen LogP contribution in [0.4, 0.5) is 0 Å². The van der Waals surface area contributed by atoms with E-state index in [0.29, 0.717) is 0 Å². The molecule has 0 saturated heterocycles. The van der Waals surface area contributed by atoms with Crippen molar-refractivity contribution in [3.63, 3.8) is 0 Å². The Labute approximate surface area is 84.9 Å².